The summed E-state index contributed by atoms with van der Waals surface area (Å²) in [5, 5.41) is 0. The molecule has 27 heavy (non-hydrogen) atoms. The summed E-state index contributed by atoms with van der Waals surface area (Å²) in [6.45, 7) is 5.19. The summed E-state index contributed by atoms with van der Waals surface area (Å²) < 4.78 is 49.5. The SMILES string of the molecule is CCOC(=O)N1c2ccc(C(F)(F)F)cc2C(C(C)C(=O)OC)=CC1CC. The summed E-state index contributed by atoms with van der Waals surface area (Å²) >= 11 is 0. The molecule has 2 atom stereocenters. The molecule has 0 bridgehead atoms. The van der Waals surface area contributed by atoms with Crippen LogP contribution in [0.4, 0.5) is 23.7 Å². The fourth-order valence-electron chi connectivity index (χ4n) is 3.11. The molecule has 148 valence electrons. The minimum absolute atomic E-state index is 0.136. The Bertz CT molecular complexity index is 758. The van der Waals surface area contributed by atoms with E-state index in [4.69, 9.17) is 9.47 Å². The van der Waals surface area contributed by atoms with Crippen molar-refractivity contribution in [1.29, 1.82) is 0 Å². The normalized spacial score (nSPS) is 17.7. The maximum absolute atomic E-state index is 13.2. The minimum Gasteiger partial charge on any atom is -0.469 e. The van der Waals surface area contributed by atoms with E-state index in [2.05, 4.69) is 0 Å². The van der Waals surface area contributed by atoms with E-state index in [-0.39, 0.29) is 17.9 Å². The van der Waals surface area contributed by atoms with Gasteiger partial charge < -0.3 is 9.47 Å². The Balaban J connectivity index is 2.68. The maximum Gasteiger partial charge on any atom is 0.416 e. The average molecular weight is 385 g/mol. The number of hydrogen-bond donors (Lipinski definition) is 0. The largest absolute Gasteiger partial charge is 0.469 e. The Morgan fingerprint density at radius 2 is 1.93 bits per heavy atom. The second-order valence-corrected chi connectivity index (χ2v) is 6.14. The zero-order valence-corrected chi connectivity index (χ0v) is 15.6. The molecule has 1 aliphatic rings. The van der Waals surface area contributed by atoms with Crippen molar-refractivity contribution in [3.63, 3.8) is 0 Å². The van der Waals surface area contributed by atoms with Crippen LogP contribution < -0.4 is 4.90 Å². The van der Waals surface area contributed by atoms with Gasteiger partial charge in [-0.2, -0.15) is 13.2 Å². The highest BCUT2D eigenvalue weighted by molar-refractivity contribution is 5.99. The molecule has 1 heterocycles. The molecule has 0 fully saturated rings. The molecule has 1 aliphatic heterocycles. The van der Waals surface area contributed by atoms with Gasteiger partial charge >= 0.3 is 18.2 Å². The Morgan fingerprint density at radius 1 is 1.26 bits per heavy atom. The summed E-state index contributed by atoms with van der Waals surface area (Å²) in [5.74, 6) is -1.35. The number of alkyl halides is 3. The highest BCUT2D eigenvalue weighted by Crippen LogP contribution is 2.42. The number of ether oxygens (including phenoxy) is 2. The number of carbonyl (C=O) groups is 2. The Morgan fingerprint density at radius 3 is 2.44 bits per heavy atom. The molecule has 8 heteroatoms. The molecular weight excluding hydrogens is 363 g/mol. The van der Waals surface area contributed by atoms with Gasteiger partial charge in [0, 0.05) is 5.56 Å². The molecule has 2 rings (SSSR count). The molecule has 5 nitrogen and oxygen atoms in total. The zero-order valence-electron chi connectivity index (χ0n) is 15.6. The molecular formula is C19H22F3NO4. The van der Waals surface area contributed by atoms with Gasteiger partial charge in [0.25, 0.3) is 0 Å². The number of hydrogen-bond acceptors (Lipinski definition) is 4. The molecule has 0 N–H and O–H groups in total. The van der Waals surface area contributed by atoms with Crippen molar-refractivity contribution in [1.82, 2.24) is 0 Å². The number of esters is 1. The van der Waals surface area contributed by atoms with Gasteiger partial charge in [0.15, 0.2) is 0 Å². The predicted octanol–water partition coefficient (Wildman–Crippen LogP) is 4.65. The lowest BCUT2D eigenvalue weighted by atomic mass is 9.85. The molecule has 1 aromatic carbocycles. The van der Waals surface area contributed by atoms with Crippen LogP contribution in [0.1, 0.15) is 38.3 Å². The molecule has 0 saturated heterocycles. The molecule has 0 saturated carbocycles. The van der Waals surface area contributed by atoms with E-state index >= 15 is 0 Å². The summed E-state index contributed by atoms with van der Waals surface area (Å²) in [5.41, 5.74) is -0.0136. The van der Waals surface area contributed by atoms with Crippen LogP contribution in [0.2, 0.25) is 0 Å². The number of methoxy groups -OCH3 is 1. The number of anilines is 1. The molecule has 0 aromatic heterocycles. The van der Waals surface area contributed by atoms with Crippen LogP contribution in [0.25, 0.3) is 5.57 Å². The lowest BCUT2D eigenvalue weighted by Crippen LogP contribution is -2.42. The zero-order chi connectivity index (χ0) is 20.4. The first kappa shape index (κ1) is 20.8. The van der Waals surface area contributed by atoms with Gasteiger partial charge in [-0.05, 0) is 44.0 Å². The van der Waals surface area contributed by atoms with Gasteiger partial charge in [0.05, 0.1) is 36.9 Å². The van der Waals surface area contributed by atoms with Crippen LogP contribution in [0.3, 0.4) is 0 Å². The van der Waals surface area contributed by atoms with Crippen molar-refractivity contribution >= 4 is 23.3 Å². The van der Waals surface area contributed by atoms with Crippen molar-refractivity contribution in [3.8, 4) is 0 Å². The quantitative estimate of drug-likeness (QED) is 0.708. The Kier molecular flexibility index (Phi) is 6.18. The minimum atomic E-state index is -4.55. The number of halogens is 3. The topological polar surface area (TPSA) is 55.8 Å². The molecule has 1 amide bonds. The van der Waals surface area contributed by atoms with E-state index in [9.17, 15) is 22.8 Å². The van der Waals surface area contributed by atoms with Gasteiger partial charge in [0.2, 0.25) is 0 Å². The van der Waals surface area contributed by atoms with Crippen LogP contribution in [0, 0.1) is 5.92 Å². The fourth-order valence-corrected chi connectivity index (χ4v) is 3.11. The summed E-state index contributed by atoms with van der Waals surface area (Å²) in [7, 11) is 1.22. The smallest absolute Gasteiger partial charge is 0.416 e. The van der Waals surface area contributed by atoms with Gasteiger partial charge in [-0.1, -0.05) is 13.0 Å². The van der Waals surface area contributed by atoms with E-state index in [1.54, 1.807) is 19.9 Å². The lowest BCUT2D eigenvalue weighted by molar-refractivity contribution is -0.142. The van der Waals surface area contributed by atoms with E-state index in [0.29, 0.717) is 12.0 Å². The molecule has 1 aromatic rings. The summed E-state index contributed by atoms with van der Waals surface area (Å²) in [6.07, 6.45) is -3.06. The highest BCUT2D eigenvalue weighted by Gasteiger charge is 2.37. The number of carbonyl (C=O) groups excluding carboxylic acids is 2. The third kappa shape index (κ3) is 4.09. The third-order valence-corrected chi connectivity index (χ3v) is 4.50. The fraction of sp³-hybridized carbons (Fsp3) is 0.474. The van der Waals surface area contributed by atoms with Crippen molar-refractivity contribution in [3.05, 3.63) is 35.4 Å². The summed E-state index contributed by atoms with van der Waals surface area (Å²) in [6, 6.07) is 2.67. The number of rotatable bonds is 4. The van der Waals surface area contributed by atoms with E-state index < -0.39 is 35.8 Å². The first-order valence-corrected chi connectivity index (χ1v) is 8.62. The predicted molar refractivity (Wildman–Crippen MR) is 94.2 cm³/mol. The van der Waals surface area contributed by atoms with Gasteiger partial charge in [-0.3, -0.25) is 9.69 Å². The number of benzene rings is 1. The highest BCUT2D eigenvalue weighted by atomic mass is 19.4. The molecule has 0 aliphatic carbocycles. The van der Waals surface area contributed by atoms with Crippen LogP contribution in [0.15, 0.2) is 24.3 Å². The van der Waals surface area contributed by atoms with E-state index in [1.165, 1.54) is 18.1 Å². The van der Waals surface area contributed by atoms with Crippen molar-refractivity contribution in [2.45, 2.75) is 39.4 Å². The third-order valence-electron chi connectivity index (χ3n) is 4.50. The molecule has 2 unspecified atom stereocenters. The number of nitrogens with zero attached hydrogens (tertiary/aromatic N) is 1. The summed E-state index contributed by atoms with van der Waals surface area (Å²) in [4.78, 5) is 25.8. The Labute approximate surface area is 155 Å². The first-order chi connectivity index (χ1) is 12.6. The van der Waals surface area contributed by atoms with Gasteiger partial charge in [0.1, 0.15) is 0 Å². The maximum atomic E-state index is 13.2. The molecule has 0 radical (unpaired) electrons. The standard InChI is InChI=1S/C19H22F3NO4/c1-5-13-10-14(11(3)17(24)26-4)15-9-12(19(20,21)22)7-8-16(15)23(13)18(25)27-6-2/h7-11,13H,5-6H2,1-4H3. The van der Waals surface area contributed by atoms with E-state index in [0.717, 1.165) is 12.1 Å². The average Bonchev–Trinajstić information content (AvgIpc) is 2.64. The van der Waals surface area contributed by atoms with Crippen LogP contribution in [0.5, 0.6) is 0 Å². The number of fused-ring (bicyclic) bond motifs is 1. The van der Waals surface area contributed by atoms with Crippen molar-refractivity contribution in [2.75, 3.05) is 18.6 Å². The Hall–Kier alpha value is -2.51. The molecule has 0 spiro atoms. The van der Waals surface area contributed by atoms with Crippen LogP contribution in [-0.2, 0) is 20.4 Å². The second kappa shape index (κ2) is 8.02. The van der Waals surface area contributed by atoms with Gasteiger partial charge in [-0.25, -0.2) is 4.79 Å². The first-order valence-electron chi connectivity index (χ1n) is 8.62. The van der Waals surface area contributed by atoms with Crippen molar-refractivity contribution < 1.29 is 32.2 Å². The monoisotopic (exact) mass is 385 g/mol. The van der Waals surface area contributed by atoms with E-state index in [1.807, 2.05) is 6.92 Å². The lowest BCUT2D eigenvalue weighted by Gasteiger charge is -2.36. The van der Waals surface area contributed by atoms with Gasteiger partial charge in [-0.15, -0.1) is 0 Å². The van der Waals surface area contributed by atoms with Crippen molar-refractivity contribution in [2.24, 2.45) is 5.92 Å². The second-order valence-electron chi connectivity index (χ2n) is 6.14. The van der Waals surface area contributed by atoms with Crippen LogP contribution in [-0.4, -0.2) is 31.8 Å². The number of amides is 1. The van der Waals surface area contributed by atoms with Crippen LogP contribution >= 0.6 is 0 Å².